The molecule has 16 nitrogen and oxygen atoms in total. The van der Waals surface area contributed by atoms with Crippen LogP contribution in [0.15, 0.2) is 292 Å². The SMILES string of the molecule is Clc1cc(Cl)cc(-c2nc(-c3ccccn3)cc(-c3ccccn3)n2)c1.O=CO[O-].OB(O)c1ccc(-c2ccccn2)cc1.[Cs+].[Cs+].[H-].c1ccc(-c2ccc(-c3cc(-c4ccc(-c5ccccn5)cc4)cc(-c4nc(-c5ccccn5)cc(-c5ccccn5)n4)c3)cc2)nc1. The Kier molecular flexibility index (Phi) is 27.5. The number of hydrogen-bond acceptors (Lipinski definition) is 16. The first-order valence-corrected chi connectivity index (χ1v) is 29.6. The zero-order chi connectivity index (χ0) is 64.1. The van der Waals surface area contributed by atoms with Gasteiger partial charge in [-0.15, -0.1) is 0 Å². The Balaban J connectivity index is 0.000000205. The molecule has 9 heterocycles. The summed E-state index contributed by atoms with van der Waals surface area (Å²) in [5.74, 6) is 1.11. The summed E-state index contributed by atoms with van der Waals surface area (Å²) in [5.41, 5.74) is 18.1. The van der Waals surface area contributed by atoms with Crippen molar-refractivity contribution in [1.29, 1.82) is 0 Å². The first-order valence-electron chi connectivity index (χ1n) is 28.8. The van der Waals surface area contributed by atoms with Gasteiger partial charge in [-0.05, 0) is 161 Å². The second-order valence-corrected chi connectivity index (χ2v) is 21.1. The van der Waals surface area contributed by atoms with Crippen molar-refractivity contribution in [3.8, 4) is 124 Å². The summed E-state index contributed by atoms with van der Waals surface area (Å²) < 4.78 is 0. The van der Waals surface area contributed by atoms with E-state index in [-0.39, 0.29) is 146 Å². The van der Waals surface area contributed by atoms with Crippen LogP contribution in [0.1, 0.15) is 1.43 Å². The summed E-state index contributed by atoms with van der Waals surface area (Å²) in [6.07, 6.45) is 12.4. The van der Waals surface area contributed by atoms with Crippen LogP contribution in [0.25, 0.3) is 124 Å². The van der Waals surface area contributed by atoms with Crippen LogP contribution >= 0.6 is 23.2 Å². The molecular formula is C74H52BCl2Cs2N11O5. The molecule has 95 heavy (non-hydrogen) atoms. The topological polar surface area (TPSA) is 232 Å². The van der Waals surface area contributed by atoms with E-state index >= 15 is 0 Å². The molecule has 0 aliphatic rings. The fourth-order valence-electron chi connectivity index (χ4n) is 9.60. The Bertz CT molecular complexity index is 4490. The van der Waals surface area contributed by atoms with Crippen LogP contribution in [0.3, 0.4) is 0 Å². The molecular weight excluding hydrogens is 1470 g/mol. The number of benzene rings is 5. The van der Waals surface area contributed by atoms with Crippen molar-refractivity contribution in [3.05, 3.63) is 302 Å². The molecule has 0 saturated carbocycles. The Labute approximate surface area is 677 Å². The van der Waals surface area contributed by atoms with Gasteiger partial charge in [-0.3, -0.25) is 39.7 Å². The zero-order valence-corrected chi connectivity index (χ0v) is 65.2. The standard InChI is InChI=1S/C42H28N6.C20H12Cl2N4.C11H10BNO2.CH2O3.2Cs.H/c1-5-21-43-36(9-1)31-17-13-29(14-18-31)33-25-34(30-15-19-32(20-16-30)37-10-2-6-22-44-37)27-35(26-33)42-47-40(38-11-3-7-23-45-38)28-41(48-42)39-12-4-8-24-46-39;21-14-9-13(10-15(22)11-14)20-25-18(16-5-1-3-7-23-16)12-19(26-20)17-6-2-4-8-24-17;14-12(15)10-6-4-9(5-7-10)11-3-1-2-8-13-11;2-1-4-3;;;/h1-28H;1-12H;1-8,14-15H;1,3H;;;/q;;;;2*+1;-1/p-1. The Morgan fingerprint density at radius 2 is 0.568 bits per heavy atom. The number of halogens is 2. The predicted octanol–water partition coefficient (Wildman–Crippen LogP) is 8.28. The zero-order valence-electron chi connectivity index (χ0n) is 52.2. The van der Waals surface area contributed by atoms with Crippen LogP contribution in [0.2, 0.25) is 10.0 Å². The van der Waals surface area contributed by atoms with Gasteiger partial charge in [0.05, 0.1) is 62.6 Å². The van der Waals surface area contributed by atoms with E-state index in [2.05, 4.69) is 116 Å². The van der Waals surface area contributed by atoms with Gasteiger partial charge in [0, 0.05) is 81.2 Å². The first-order chi connectivity index (χ1) is 45.6. The minimum absolute atomic E-state index is 0. The number of aromatic nitrogens is 11. The second-order valence-electron chi connectivity index (χ2n) is 20.2. The Morgan fingerprint density at radius 1 is 0.316 bits per heavy atom. The molecule has 0 radical (unpaired) electrons. The van der Waals surface area contributed by atoms with Crippen molar-refractivity contribution in [2.45, 2.75) is 0 Å². The van der Waals surface area contributed by atoms with Crippen LogP contribution in [0.4, 0.5) is 0 Å². The van der Waals surface area contributed by atoms with Crippen LogP contribution in [0.5, 0.6) is 0 Å². The maximum absolute atomic E-state index is 8.93. The monoisotopic (exact) mass is 1520 g/mol. The molecule has 0 fully saturated rings. The molecule has 5 aromatic carbocycles. The summed E-state index contributed by atoms with van der Waals surface area (Å²) >= 11 is 12.3. The van der Waals surface area contributed by atoms with Gasteiger partial charge in [0.25, 0.3) is 6.47 Å². The van der Waals surface area contributed by atoms with E-state index in [0.29, 0.717) is 38.5 Å². The van der Waals surface area contributed by atoms with Crippen molar-refractivity contribution < 1.29 is 164 Å². The Hall–Kier alpha value is -7.59. The van der Waals surface area contributed by atoms with Gasteiger partial charge in [0.15, 0.2) is 11.6 Å². The van der Waals surface area contributed by atoms with E-state index in [9.17, 15) is 0 Å². The summed E-state index contributed by atoms with van der Waals surface area (Å²) in [6.45, 7) is -0.181. The van der Waals surface area contributed by atoms with Gasteiger partial charge in [-0.2, -0.15) is 0 Å². The summed E-state index contributed by atoms with van der Waals surface area (Å²) in [7, 11) is -1.41. The van der Waals surface area contributed by atoms with E-state index in [0.717, 1.165) is 101 Å². The van der Waals surface area contributed by atoms with Crippen LogP contribution in [0, 0.1) is 0 Å². The van der Waals surface area contributed by atoms with Crippen molar-refractivity contribution in [2.24, 2.45) is 0 Å². The summed E-state index contributed by atoms with van der Waals surface area (Å²) in [4.78, 5) is 61.9. The molecule has 9 aromatic heterocycles. The minimum atomic E-state index is -1.41. The number of rotatable bonds is 13. The van der Waals surface area contributed by atoms with E-state index in [1.165, 1.54) is 0 Å². The fourth-order valence-corrected chi connectivity index (χ4v) is 10.1. The number of nitrogens with zero attached hydrogens (tertiary/aromatic N) is 11. The van der Waals surface area contributed by atoms with E-state index in [4.69, 9.17) is 53.3 Å². The van der Waals surface area contributed by atoms with Crippen LogP contribution in [-0.4, -0.2) is 78.5 Å². The normalized spacial score (nSPS) is 10.2. The van der Waals surface area contributed by atoms with Gasteiger partial charge in [-0.1, -0.05) is 138 Å². The molecule has 14 aromatic rings. The summed E-state index contributed by atoms with van der Waals surface area (Å²) in [6, 6.07) is 80.2. The number of carbonyl (C=O) groups is 1. The van der Waals surface area contributed by atoms with Crippen molar-refractivity contribution >= 4 is 42.3 Å². The smallest absolute Gasteiger partial charge is 1.00 e. The number of hydrogen-bond donors (Lipinski definition) is 2. The average molecular weight is 1520 g/mol. The number of carbonyl (C=O) groups excluding carboxylic acids is 1. The number of pyridine rings is 7. The predicted molar refractivity (Wildman–Crippen MR) is 363 cm³/mol. The van der Waals surface area contributed by atoms with E-state index < -0.39 is 7.12 Å². The molecule has 0 bridgehead atoms. The molecule has 0 spiro atoms. The Morgan fingerprint density at radius 3 is 0.832 bits per heavy atom. The minimum Gasteiger partial charge on any atom is -1.00 e. The van der Waals surface area contributed by atoms with Crippen molar-refractivity contribution in [2.75, 3.05) is 0 Å². The first kappa shape index (κ1) is 71.7. The third-order valence-corrected chi connectivity index (χ3v) is 14.5. The van der Waals surface area contributed by atoms with Crippen LogP contribution < -0.4 is 149 Å². The molecule has 0 unspecified atom stereocenters. The largest absolute Gasteiger partial charge is 1.00 e. The molecule has 452 valence electrons. The molecule has 0 aliphatic carbocycles. The maximum Gasteiger partial charge on any atom is 1.00 e. The van der Waals surface area contributed by atoms with Gasteiger partial charge < -0.3 is 21.6 Å². The second kappa shape index (κ2) is 36.5. The third-order valence-electron chi connectivity index (χ3n) is 14.0. The fraction of sp³-hybridized carbons (Fsp3) is 0. The van der Waals surface area contributed by atoms with Gasteiger partial charge in [0.2, 0.25) is 0 Å². The molecule has 14 rings (SSSR count). The molecule has 0 amide bonds. The third kappa shape index (κ3) is 20.0. The van der Waals surface area contributed by atoms with Gasteiger partial charge in [0.1, 0.15) is 0 Å². The molecule has 0 saturated heterocycles. The molecule has 0 aliphatic heterocycles. The van der Waals surface area contributed by atoms with Gasteiger partial charge in [-0.25, -0.2) is 19.9 Å². The average Bonchev–Trinajstić information content (AvgIpc) is 0.866. The van der Waals surface area contributed by atoms with Gasteiger partial charge >= 0.3 is 145 Å². The quantitative estimate of drug-likeness (QED) is 0.0478. The van der Waals surface area contributed by atoms with Crippen LogP contribution in [-0.2, 0) is 9.68 Å². The van der Waals surface area contributed by atoms with Crippen molar-refractivity contribution in [1.82, 2.24) is 54.8 Å². The van der Waals surface area contributed by atoms with E-state index in [1.807, 2.05) is 164 Å². The van der Waals surface area contributed by atoms with E-state index in [1.54, 1.807) is 61.3 Å². The maximum atomic E-state index is 8.93. The summed E-state index contributed by atoms with van der Waals surface area (Å²) in [5, 5.41) is 27.3. The van der Waals surface area contributed by atoms with Crippen molar-refractivity contribution in [3.63, 3.8) is 0 Å². The molecule has 0 atom stereocenters. The molecule has 2 N–H and O–H groups in total. The molecule has 21 heteroatoms.